The summed E-state index contributed by atoms with van der Waals surface area (Å²) >= 11 is 0. The summed E-state index contributed by atoms with van der Waals surface area (Å²) in [5.74, 6) is 0. The van der Waals surface area contributed by atoms with Gasteiger partial charge in [-0.15, -0.1) is 0 Å². The minimum absolute atomic E-state index is 0.0482. The fourth-order valence-electron chi connectivity index (χ4n) is 6.06. The van der Waals surface area contributed by atoms with E-state index in [4.69, 9.17) is 0 Å². The largest absolute Gasteiger partial charge is 0.309 e. The van der Waals surface area contributed by atoms with E-state index in [0.29, 0.717) is 0 Å². The van der Waals surface area contributed by atoms with E-state index >= 15 is 0 Å². The van der Waals surface area contributed by atoms with Crippen LogP contribution in [-0.2, 0) is 21.7 Å². The van der Waals surface area contributed by atoms with Crippen molar-refractivity contribution >= 4 is 21.8 Å². The number of aromatic nitrogens is 1. The maximum atomic E-state index is 2.52. The maximum absolute atomic E-state index is 2.52. The Balaban J connectivity index is 1.93. The zero-order chi connectivity index (χ0) is 31.0. The van der Waals surface area contributed by atoms with Crippen LogP contribution in [0.1, 0.15) is 111 Å². The van der Waals surface area contributed by atoms with Gasteiger partial charge in [-0.2, -0.15) is 0 Å². The van der Waals surface area contributed by atoms with Crippen LogP contribution in [0.25, 0.3) is 38.6 Å². The lowest BCUT2D eigenvalue weighted by Gasteiger charge is -2.27. The molecule has 42 heavy (non-hydrogen) atoms. The van der Waals surface area contributed by atoms with E-state index in [1.807, 2.05) is 0 Å². The zero-order valence-corrected chi connectivity index (χ0v) is 28.4. The summed E-state index contributed by atoms with van der Waals surface area (Å²) in [5, 5.41) is 2.69. The normalized spacial score (nSPS) is 13.4. The van der Waals surface area contributed by atoms with Crippen LogP contribution < -0.4 is 0 Å². The average molecular weight is 558 g/mol. The van der Waals surface area contributed by atoms with Crippen molar-refractivity contribution in [3.8, 4) is 16.8 Å². The van der Waals surface area contributed by atoms with Crippen molar-refractivity contribution in [3.05, 3.63) is 101 Å². The Morgan fingerprint density at radius 3 is 1.31 bits per heavy atom. The SMILES string of the molecule is Cc1cccc2c1c1c(-c3cc(C(C)(C)C)cc(C(C)(C)C)c3)cccc1n2-c1cc(C(C)(C)C)cc(C(C)(C)C)c1. The minimum atomic E-state index is 0.0482. The molecule has 0 amide bonds. The Bertz CT molecular complexity index is 1730. The molecule has 0 bridgehead atoms. The van der Waals surface area contributed by atoms with Crippen LogP contribution in [0, 0.1) is 6.92 Å². The molecule has 0 spiro atoms. The Morgan fingerprint density at radius 1 is 0.452 bits per heavy atom. The van der Waals surface area contributed by atoms with Crippen molar-refractivity contribution in [1.29, 1.82) is 0 Å². The molecule has 0 saturated carbocycles. The van der Waals surface area contributed by atoms with Gasteiger partial charge in [0.1, 0.15) is 0 Å². The third kappa shape index (κ3) is 5.44. The summed E-state index contributed by atoms with van der Waals surface area (Å²) < 4.78 is 2.52. The molecule has 0 saturated heterocycles. The van der Waals surface area contributed by atoms with E-state index in [9.17, 15) is 0 Å². The zero-order valence-electron chi connectivity index (χ0n) is 28.4. The van der Waals surface area contributed by atoms with Crippen LogP contribution in [0.15, 0.2) is 72.8 Å². The smallest absolute Gasteiger partial charge is 0.0547 e. The van der Waals surface area contributed by atoms with Crippen LogP contribution in [0.4, 0.5) is 0 Å². The molecule has 1 nitrogen and oxygen atoms in total. The third-order valence-electron chi connectivity index (χ3n) is 8.91. The van der Waals surface area contributed by atoms with Crippen molar-refractivity contribution in [2.75, 3.05) is 0 Å². The van der Waals surface area contributed by atoms with Crippen LogP contribution in [-0.4, -0.2) is 4.57 Å². The molecule has 0 aliphatic heterocycles. The van der Waals surface area contributed by atoms with Crippen LogP contribution in [0.2, 0.25) is 0 Å². The Labute approximate surface area is 255 Å². The van der Waals surface area contributed by atoms with Crippen LogP contribution >= 0.6 is 0 Å². The van der Waals surface area contributed by atoms with Gasteiger partial charge >= 0.3 is 0 Å². The molecule has 5 aromatic rings. The number of benzene rings is 4. The highest BCUT2D eigenvalue weighted by Gasteiger charge is 2.25. The van der Waals surface area contributed by atoms with Gasteiger partial charge in [0, 0.05) is 16.5 Å². The first kappa shape index (κ1) is 30.1. The van der Waals surface area contributed by atoms with Crippen molar-refractivity contribution in [1.82, 2.24) is 4.57 Å². The second-order valence-corrected chi connectivity index (χ2v) is 16.6. The van der Waals surface area contributed by atoms with Gasteiger partial charge in [0.2, 0.25) is 0 Å². The van der Waals surface area contributed by atoms with Crippen LogP contribution in [0.3, 0.4) is 0 Å². The molecule has 1 aromatic heterocycles. The summed E-state index contributed by atoms with van der Waals surface area (Å²) in [7, 11) is 0. The standard InChI is InChI=1S/C41H51N/c1-26-16-14-18-34-36(26)37-33(27-20-28(38(2,3)4)22-29(21-27)39(5,6)7)17-15-19-35(37)42(34)32-24-30(40(8,9)10)23-31(25-32)41(11,12)13/h14-25H,1-13H3. The molecule has 0 aliphatic carbocycles. The summed E-state index contributed by atoms with van der Waals surface area (Å²) in [6.45, 7) is 30.1. The Morgan fingerprint density at radius 2 is 0.857 bits per heavy atom. The molecular weight excluding hydrogens is 506 g/mol. The quantitative estimate of drug-likeness (QED) is 0.203. The third-order valence-corrected chi connectivity index (χ3v) is 8.91. The maximum Gasteiger partial charge on any atom is 0.0547 e. The number of hydrogen-bond acceptors (Lipinski definition) is 0. The lowest BCUT2D eigenvalue weighted by Crippen LogP contribution is -2.17. The summed E-state index contributed by atoms with van der Waals surface area (Å²) in [6, 6.07) is 28.2. The second-order valence-electron chi connectivity index (χ2n) is 16.6. The molecule has 5 rings (SSSR count). The number of rotatable bonds is 2. The second kappa shape index (κ2) is 9.87. The first-order valence-electron chi connectivity index (χ1n) is 15.6. The fraction of sp³-hybridized carbons (Fsp3) is 0.415. The van der Waals surface area contributed by atoms with E-state index in [0.717, 1.165) is 0 Å². The molecular formula is C41H51N. The van der Waals surface area contributed by atoms with E-state index in [-0.39, 0.29) is 21.7 Å². The number of aryl methyl sites for hydroxylation is 1. The summed E-state index contributed by atoms with van der Waals surface area (Å²) in [6.07, 6.45) is 0. The number of fused-ring (bicyclic) bond motifs is 3. The van der Waals surface area contributed by atoms with Gasteiger partial charge in [-0.1, -0.05) is 132 Å². The van der Waals surface area contributed by atoms with Crippen molar-refractivity contribution in [2.45, 2.75) is 112 Å². The van der Waals surface area contributed by atoms with Gasteiger partial charge in [-0.25, -0.2) is 0 Å². The average Bonchev–Trinajstić information content (AvgIpc) is 3.22. The van der Waals surface area contributed by atoms with E-state index in [1.165, 1.54) is 66.4 Å². The van der Waals surface area contributed by atoms with Crippen LogP contribution in [0.5, 0.6) is 0 Å². The van der Waals surface area contributed by atoms with E-state index < -0.39 is 0 Å². The summed E-state index contributed by atoms with van der Waals surface area (Å²) in [4.78, 5) is 0. The molecule has 0 fully saturated rings. The molecule has 0 N–H and O–H groups in total. The van der Waals surface area contributed by atoms with Gasteiger partial charge in [-0.05, 0) is 91.8 Å². The number of hydrogen-bond donors (Lipinski definition) is 0. The highest BCUT2D eigenvalue weighted by molar-refractivity contribution is 6.17. The predicted octanol–water partition coefficient (Wildman–Crippen LogP) is 11.9. The Hall–Kier alpha value is -3.32. The highest BCUT2D eigenvalue weighted by Crippen LogP contribution is 2.43. The highest BCUT2D eigenvalue weighted by atomic mass is 15.0. The van der Waals surface area contributed by atoms with E-state index in [2.05, 4.69) is 167 Å². The molecule has 220 valence electrons. The molecule has 0 radical (unpaired) electrons. The van der Waals surface area contributed by atoms with Crippen molar-refractivity contribution in [3.63, 3.8) is 0 Å². The van der Waals surface area contributed by atoms with E-state index in [1.54, 1.807) is 0 Å². The molecule has 0 aliphatic rings. The van der Waals surface area contributed by atoms with Gasteiger partial charge in [0.05, 0.1) is 11.0 Å². The predicted molar refractivity (Wildman–Crippen MR) is 186 cm³/mol. The van der Waals surface area contributed by atoms with Gasteiger partial charge in [-0.3, -0.25) is 0 Å². The van der Waals surface area contributed by atoms with Crippen molar-refractivity contribution < 1.29 is 0 Å². The molecule has 4 aromatic carbocycles. The minimum Gasteiger partial charge on any atom is -0.309 e. The van der Waals surface area contributed by atoms with Gasteiger partial charge in [0.15, 0.2) is 0 Å². The first-order chi connectivity index (χ1) is 19.3. The Kier molecular flexibility index (Phi) is 7.08. The topological polar surface area (TPSA) is 4.93 Å². The monoisotopic (exact) mass is 557 g/mol. The molecule has 0 atom stereocenters. The van der Waals surface area contributed by atoms with Gasteiger partial charge in [0.25, 0.3) is 0 Å². The lowest BCUT2D eigenvalue weighted by atomic mass is 9.78. The fourth-order valence-corrected chi connectivity index (χ4v) is 6.06. The molecule has 1 heteroatoms. The molecule has 0 unspecified atom stereocenters. The number of nitrogens with zero attached hydrogens (tertiary/aromatic N) is 1. The first-order valence-corrected chi connectivity index (χ1v) is 15.6. The van der Waals surface area contributed by atoms with Crippen molar-refractivity contribution in [2.24, 2.45) is 0 Å². The molecule has 1 heterocycles. The van der Waals surface area contributed by atoms with Gasteiger partial charge < -0.3 is 4.57 Å². The lowest BCUT2D eigenvalue weighted by molar-refractivity contribution is 0.567. The summed E-state index contributed by atoms with van der Waals surface area (Å²) in [5.41, 5.74) is 13.4.